The molecule has 0 saturated carbocycles. The molecule has 0 heterocycles. The van der Waals surface area contributed by atoms with Crippen LogP contribution in [0.25, 0.3) is 0 Å². The number of rotatable bonds is 11. The molecule has 3 aromatic rings. The summed E-state index contributed by atoms with van der Waals surface area (Å²) in [5, 5.41) is 9.31. The number of aryl methyl sites for hydroxylation is 1. The van der Waals surface area contributed by atoms with Gasteiger partial charge in [-0.15, -0.1) is 0 Å². The van der Waals surface area contributed by atoms with Gasteiger partial charge in [0.25, 0.3) is 15.9 Å². The van der Waals surface area contributed by atoms with Gasteiger partial charge in [-0.1, -0.05) is 50.2 Å². The molecule has 0 bridgehead atoms. The lowest BCUT2D eigenvalue weighted by molar-refractivity contribution is 0.0707. The number of ether oxygens (including phenoxy) is 1. The molecule has 8 nitrogen and oxygen atoms in total. The first kappa shape index (κ1) is 27.2. The van der Waals surface area contributed by atoms with E-state index >= 15 is 0 Å². The molecule has 0 atom stereocenters. The summed E-state index contributed by atoms with van der Waals surface area (Å²) in [4.78, 5) is 14.8. The maximum Gasteiger partial charge on any atom is 0.276 e. The second-order valence-corrected chi connectivity index (χ2v) is 10.2. The molecule has 0 saturated heterocycles. The Morgan fingerprint density at radius 2 is 1.50 bits per heavy atom. The minimum absolute atomic E-state index is 0.00350. The second kappa shape index (κ2) is 12.0. The van der Waals surface area contributed by atoms with E-state index in [1.165, 1.54) is 29.6 Å². The molecule has 9 heteroatoms. The summed E-state index contributed by atoms with van der Waals surface area (Å²) in [7, 11) is -2.59. The third kappa shape index (κ3) is 6.04. The number of nitrogens with one attached hydrogen (secondary N) is 1. The molecule has 0 aliphatic rings. The number of sulfonamides is 1. The van der Waals surface area contributed by atoms with Gasteiger partial charge in [-0.05, 0) is 67.0 Å². The summed E-state index contributed by atoms with van der Waals surface area (Å²) in [5.41, 5.74) is 4.34. The number of carbonyl (C=O) groups excluding carboxylic acids is 1. The van der Waals surface area contributed by atoms with Crippen LogP contribution in [0.5, 0.6) is 5.75 Å². The highest BCUT2D eigenvalue weighted by molar-refractivity contribution is 7.92. The Bertz CT molecular complexity index is 1270. The average Bonchev–Trinajstić information content (AvgIpc) is 2.90. The summed E-state index contributed by atoms with van der Waals surface area (Å²) in [6.07, 6.45) is 0. The molecule has 0 aliphatic carbocycles. The van der Waals surface area contributed by atoms with Crippen molar-refractivity contribution in [3.63, 3.8) is 0 Å². The molecule has 0 radical (unpaired) electrons. The summed E-state index contributed by atoms with van der Waals surface area (Å²) in [5.74, 6) is -0.265. The summed E-state index contributed by atoms with van der Waals surface area (Å²) < 4.78 is 34.2. The first-order chi connectivity index (χ1) is 17.2. The first-order valence-electron chi connectivity index (χ1n) is 11.8. The zero-order valence-electron chi connectivity index (χ0n) is 21.1. The lowest BCUT2D eigenvalue weighted by atomic mass is 10.1. The molecule has 1 amide bonds. The van der Waals surface area contributed by atoms with E-state index in [1.54, 1.807) is 36.7 Å². The topological polar surface area (TPSA) is 99.2 Å². The van der Waals surface area contributed by atoms with Gasteiger partial charge < -0.3 is 4.74 Å². The van der Waals surface area contributed by atoms with E-state index in [2.05, 4.69) is 18.7 Å². The van der Waals surface area contributed by atoms with Gasteiger partial charge in [0, 0.05) is 6.54 Å². The van der Waals surface area contributed by atoms with E-state index < -0.39 is 15.9 Å². The average molecular weight is 512 g/mol. The highest BCUT2D eigenvalue weighted by Crippen LogP contribution is 2.33. The largest absolute Gasteiger partial charge is 0.497 e. The van der Waals surface area contributed by atoms with Gasteiger partial charge in [0.15, 0.2) is 0 Å². The molecular weight excluding hydrogens is 478 g/mol. The fourth-order valence-electron chi connectivity index (χ4n) is 4.01. The van der Waals surface area contributed by atoms with Crippen molar-refractivity contribution in [2.24, 2.45) is 0 Å². The Hall–Kier alpha value is -3.40. The van der Waals surface area contributed by atoms with Crippen LogP contribution in [-0.4, -0.2) is 44.6 Å². The summed E-state index contributed by atoms with van der Waals surface area (Å²) >= 11 is 0. The van der Waals surface area contributed by atoms with Crippen molar-refractivity contribution in [2.45, 2.75) is 38.8 Å². The molecule has 3 aromatic carbocycles. The van der Waals surface area contributed by atoms with Gasteiger partial charge in [-0.3, -0.25) is 19.2 Å². The van der Waals surface area contributed by atoms with Gasteiger partial charge in [-0.2, -0.15) is 0 Å². The predicted molar refractivity (Wildman–Crippen MR) is 140 cm³/mol. The fourth-order valence-corrected chi connectivity index (χ4v) is 5.55. The third-order valence-electron chi connectivity index (χ3n) is 6.13. The highest BCUT2D eigenvalue weighted by atomic mass is 32.2. The van der Waals surface area contributed by atoms with E-state index in [4.69, 9.17) is 4.74 Å². The Kier molecular flexibility index (Phi) is 9.08. The normalized spacial score (nSPS) is 11.4. The first-order valence-corrected chi connectivity index (χ1v) is 13.2. The van der Waals surface area contributed by atoms with Crippen LogP contribution in [-0.2, 0) is 23.1 Å². The van der Waals surface area contributed by atoms with Crippen molar-refractivity contribution in [1.82, 2.24) is 10.4 Å². The molecule has 0 spiro atoms. The van der Waals surface area contributed by atoms with Gasteiger partial charge in [0.1, 0.15) is 5.75 Å². The third-order valence-corrected chi connectivity index (χ3v) is 7.89. The molecule has 36 heavy (non-hydrogen) atoms. The van der Waals surface area contributed by atoms with Gasteiger partial charge >= 0.3 is 0 Å². The molecule has 192 valence electrons. The zero-order chi connectivity index (χ0) is 26.3. The van der Waals surface area contributed by atoms with Crippen molar-refractivity contribution in [2.75, 3.05) is 24.5 Å². The van der Waals surface area contributed by atoms with E-state index in [1.807, 2.05) is 24.3 Å². The number of methoxy groups -OCH3 is 1. The summed E-state index contributed by atoms with van der Waals surface area (Å²) in [6.45, 7) is 8.64. The minimum Gasteiger partial charge on any atom is -0.497 e. The quantitative estimate of drug-likeness (QED) is 0.293. The van der Waals surface area contributed by atoms with Crippen LogP contribution in [0.2, 0.25) is 0 Å². The predicted octanol–water partition coefficient (Wildman–Crippen LogP) is 4.36. The minimum atomic E-state index is -4.09. The molecule has 0 unspecified atom stereocenters. The smallest absolute Gasteiger partial charge is 0.276 e. The standard InChI is InChI=1S/C27H33N3O5S/c1-5-29(6-2)18-21-10-12-22(13-11-21)19-30(26-20(3)8-7-9-25(26)27(31)28-32)36(33,34)24-16-14-23(35-4)15-17-24/h7-17,32H,5-6,18-19H2,1-4H3,(H,28,31). The van der Waals surface area contributed by atoms with Crippen LogP contribution >= 0.6 is 0 Å². The molecular formula is C27H33N3O5S. The number of benzene rings is 3. The van der Waals surface area contributed by atoms with Gasteiger partial charge in [-0.25, -0.2) is 13.9 Å². The van der Waals surface area contributed by atoms with Gasteiger partial charge in [0.05, 0.1) is 29.8 Å². The van der Waals surface area contributed by atoms with E-state index in [9.17, 15) is 18.4 Å². The van der Waals surface area contributed by atoms with Crippen LogP contribution in [0.1, 0.15) is 40.9 Å². The second-order valence-electron chi connectivity index (χ2n) is 8.38. The highest BCUT2D eigenvalue weighted by Gasteiger charge is 2.30. The molecule has 2 N–H and O–H groups in total. The zero-order valence-corrected chi connectivity index (χ0v) is 21.9. The van der Waals surface area contributed by atoms with Crippen LogP contribution in [0.4, 0.5) is 5.69 Å². The molecule has 0 aliphatic heterocycles. The van der Waals surface area contributed by atoms with E-state index in [0.717, 1.165) is 30.8 Å². The number of para-hydroxylation sites is 1. The van der Waals surface area contributed by atoms with Crippen molar-refractivity contribution >= 4 is 21.6 Å². The van der Waals surface area contributed by atoms with Crippen LogP contribution in [0.3, 0.4) is 0 Å². The van der Waals surface area contributed by atoms with Crippen molar-refractivity contribution in [1.29, 1.82) is 0 Å². The summed E-state index contributed by atoms with van der Waals surface area (Å²) in [6, 6.07) is 18.7. The van der Waals surface area contributed by atoms with Crippen LogP contribution in [0.15, 0.2) is 71.6 Å². The van der Waals surface area contributed by atoms with Crippen molar-refractivity contribution in [3.05, 3.63) is 89.0 Å². The number of anilines is 1. The number of hydrogen-bond donors (Lipinski definition) is 2. The van der Waals surface area contributed by atoms with E-state index in [0.29, 0.717) is 11.3 Å². The number of amides is 1. The lowest BCUT2D eigenvalue weighted by Crippen LogP contribution is -2.34. The van der Waals surface area contributed by atoms with Crippen LogP contribution in [0, 0.1) is 6.92 Å². The Morgan fingerprint density at radius 3 is 2.03 bits per heavy atom. The van der Waals surface area contributed by atoms with Crippen molar-refractivity contribution in [3.8, 4) is 5.75 Å². The molecule has 3 rings (SSSR count). The Morgan fingerprint density at radius 1 is 0.917 bits per heavy atom. The lowest BCUT2D eigenvalue weighted by Gasteiger charge is -2.28. The van der Waals surface area contributed by atoms with Gasteiger partial charge in [0.2, 0.25) is 0 Å². The van der Waals surface area contributed by atoms with Crippen molar-refractivity contribution < 1.29 is 23.2 Å². The maximum absolute atomic E-state index is 13.9. The SMILES string of the molecule is CCN(CC)Cc1ccc(CN(c2c(C)cccc2C(=O)NO)S(=O)(=O)c2ccc(OC)cc2)cc1. The number of nitrogens with zero attached hydrogens (tertiary/aromatic N) is 2. The maximum atomic E-state index is 13.9. The number of hydroxylamine groups is 1. The fraction of sp³-hybridized carbons (Fsp3) is 0.296. The number of carbonyl (C=O) groups is 1. The number of hydrogen-bond acceptors (Lipinski definition) is 6. The Labute approximate surface area is 213 Å². The molecule has 0 fully saturated rings. The molecule has 0 aromatic heterocycles. The van der Waals surface area contributed by atoms with Crippen LogP contribution < -0.4 is 14.5 Å². The Balaban J connectivity index is 2.09. The monoisotopic (exact) mass is 511 g/mol. The van der Waals surface area contributed by atoms with E-state index in [-0.39, 0.29) is 22.7 Å².